The molecule has 0 amide bonds. The number of thiophene rings is 1. The first-order chi connectivity index (χ1) is 14.7. The number of rotatable bonds is 4. The summed E-state index contributed by atoms with van der Waals surface area (Å²) in [6.45, 7) is 4.18. The van der Waals surface area contributed by atoms with Crippen molar-refractivity contribution in [2.24, 2.45) is 0 Å². The first-order valence-corrected chi connectivity index (χ1v) is 11.5. The standard InChI is InChI=1S/C23H20N4OS2/c1-14-7-9-16(10-8-14)13-30-23-25-21-19(26-27-23)17-5-3-4-6-18(17)24-22(28-21)20-15(2)11-12-29-20/h3-12,22,24H,13H2,1-2H3. The fourth-order valence-electron chi connectivity index (χ4n) is 3.31. The average Bonchev–Trinajstić information content (AvgIpc) is 3.12. The Morgan fingerprint density at radius 2 is 1.87 bits per heavy atom. The zero-order valence-electron chi connectivity index (χ0n) is 16.6. The molecule has 5 rings (SSSR count). The van der Waals surface area contributed by atoms with E-state index < -0.39 is 0 Å². The van der Waals surface area contributed by atoms with E-state index in [9.17, 15) is 0 Å². The molecule has 1 unspecified atom stereocenters. The predicted molar refractivity (Wildman–Crippen MR) is 122 cm³/mol. The highest BCUT2D eigenvalue weighted by molar-refractivity contribution is 7.98. The smallest absolute Gasteiger partial charge is 0.247 e. The van der Waals surface area contributed by atoms with E-state index in [0.29, 0.717) is 16.7 Å². The lowest BCUT2D eigenvalue weighted by molar-refractivity contribution is 0.228. The van der Waals surface area contributed by atoms with Crippen LogP contribution in [0, 0.1) is 13.8 Å². The number of aryl methyl sites for hydroxylation is 2. The zero-order chi connectivity index (χ0) is 20.5. The Hall–Kier alpha value is -2.90. The van der Waals surface area contributed by atoms with Gasteiger partial charge < -0.3 is 10.1 Å². The topological polar surface area (TPSA) is 59.9 Å². The van der Waals surface area contributed by atoms with Gasteiger partial charge in [0.05, 0.1) is 4.88 Å². The number of nitrogens with zero attached hydrogens (tertiary/aromatic N) is 3. The molecule has 0 saturated heterocycles. The number of ether oxygens (including phenoxy) is 1. The molecule has 0 spiro atoms. The molecule has 150 valence electrons. The van der Waals surface area contributed by atoms with Gasteiger partial charge in [0.25, 0.3) is 0 Å². The lowest BCUT2D eigenvalue weighted by atomic mass is 10.1. The number of fused-ring (bicyclic) bond motifs is 3. The monoisotopic (exact) mass is 432 g/mol. The van der Waals surface area contributed by atoms with Gasteiger partial charge in [0.2, 0.25) is 17.3 Å². The third kappa shape index (κ3) is 3.78. The average molecular weight is 433 g/mol. The van der Waals surface area contributed by atoms with Crippen molar-refractivity contribution in [2.45, 2.75) is 31.0 Å². The summed E-state index contributed by atoms with van der Waals surface area (Å²) in [5.41, 5.74) is 6.23. The molecule has 0 bridgehead atoms. The van der Waals surface area contributed by atoms with Crippen molar-refractivity contribution in [2.75, 3.05) is 5.32 Å². The van der Waals surface area contributed by atoms with Gasteiger partial charge >= 0.3 is 0 Å². The molecule has 3 heterocycles. The van der Waals surface area contributed by atoms with Crippen LogP contribution in [0.4, 0.5) is 5.69 Å². The molecular weight excluding hydrogens is 412 g/mol. The van der Waals surface area contributed by atoms with E-state index in [0.717, 1.165) is 21.9 Å². The summed E-state index contributed by atoms with van der Waals surface area (Å²) in [5, 5.41) is 15.0. The number of nitrogens with one attached hydrogen (secondary N) is 1. The summed E-state index contributed by atoms with van der Waals surface area (Å²) in [4.78, 5) is 5.86. The van der Waals surface area contributed by atoms with Crippen molar-refractivity contribution in [1.29, 1.82) is 0 Å². The summed E-state index contributed by atoms with van der Waals surface area (Å²) in [7, 11) is 0. The number of para-hydroxylation sites is 1. The van der Waals surface area contributed by atoms with Gasteiger partial charge in [-0.2, -0.15) is 4.98 Å². The van der Waals surface area contributed by atoms with Gasteiger partial charge in [-0.15, -0.1) is 21.5 Å². The van der Waals surface area contributed by atoms with Gasteiger partial charge in [-0.05, 0) is 42.5 Å². The van der Waals surface area contributed by atoms with Crippen LogP contribution in [0.2, 0.25) is 0 Å². The summed E-state index contributed by atoms with van der Waals surface area (Å²) in [6.07, 6.45) is -0.320. The maximum Gasteiger partial charge on any atom is 0.247 e. The molecule has 5 nitrogen and oxygen atoms in total. The predicted octanol–water partition coefficient (Wildman–Crippen LogP) is 6.01. The van der Waals surface area contributed by atoms with Crippen molar-refractivity contribution in [3.63, 3.8) is 0 Å². The molecule has 7 heteroatoms. The van der Waals surface area contributed by atoms with E-state index in [4.69, 9.17) is 9.72 Å². The van der Waals surface area contributed by atoms with Crippen molar-refractivity contribution < 1.29 is 4.74 Å². The maximum atomic E-state index is 6.35. The van der Waals surface area contributed by atoms with Crippen molar-refractivity contribution in [1.82, 2.24) is 15.2 Å². The van der Waals surface area contributed by atoms with E-state index in [2.05, 4.69) is 65.1 Å². The minimum absolute atomic E-state index is 0.320. The lowest BCUT2D eigenvalue weighted by Crippen LogP contribution is -2.16. The summed E-state index contributed by atoms with van der Waals surface area (Å²) in [5.74, 6) is 1.29. The maximum absolute atomic E-state index is 6.35. The molecule has 2 aromatic heterocycles. The third-order valence-corrected chi connectivity index (χ3v) is 6.93. The second kappa shape index (κ2) is 8.08. The Labute approximate surface area is 183 Å². The van der Waals surface area contributed by atoms with Crippen molar-refractivity contribution in [3.05, 3.63) is 81.5 Å². The Kier molecular flexibility index (Phi) is 5.14. The first kappa shape index (κ1) is 19.1. The van der Waals surface area contributed by atoms with Crippen molar-refractivity contribution >= 4 is 28.8 Å². The van der Waals surface area contributed by atoms with Gasteiger partial charge in [0, 0.05) is 17.0 Å². The number of thioether (sulfide) groups is 1. The summed E-state index contributed by atoms with van der Waals surface area (Å²) >= 11 is 3.23. The van der Waals surface area contributed by atoms with Crippen LogP contribution in [0.3, 0.4) is 0 Å². The van der Waals surface area contributed by atoms with Crippen LogP contribution >= 0.6 is 23.1 Å². The van der Waals surface area contributed by atoms with Crippen molar-refractivity contribution in [3.8, 4) is 17.1 Å². The van der Waals surface area contributed by atoms with Gasteiger partial charge in [-0.3, -0.25) is 0 Å². The fourth-order valence-corrected chi connectivity index (χ4v) is 4.95. The molecule has 4 aromatic rings. The van der Waals surface area contributed by atoms with Crippen LogP contribution < -0.4 is 10.1 Å². The Morgan fingerprint density at radius 3 is 2.67 bits per heavy atom. The van der Waals surface area contributed by atoms with E-state index in [1.54, 1.807) is 23.1 Å². The van der Waals surface area contributed by atoms with Crippen LogP contribution in [-0.2, 0) is 5.75 Å². The second-order valence-electron chi connectivity index (χ2n) is 7.18. The normalized spacial score (nSPS) is 14.8. The van der Waals surface area contributed by atoms with Gasteiger partial charge in [0.15, 0.2) is 5.69 Å². The highest BCUT2D eigenvalue weighted by Crippen LogP contribution is 2.41. The Balaban J connectivity index is 1.48. The van der Waals surface area contributed by atoms with Crippen LogP contribution in [0.5, 0.6) is 5.88 Å². The van der Waals surface area contributed by atoms with E-state index >= 15 is 0 Å². The summed E-state index contributed by atoms with van der Waals surface area (Å²) < 4.78 is 6.35. The van der Waals surface area contributed by atoms with E-state index in [-0.39, 0.29) is 6.23 Å². The highest BCUT2D eigenvalue weighted by atomic mass is 32.2. The zero-order valence-corrected chi connectivity index (χ0v) is 18.3. The molecule has 0 fully saturated rings. The molecule has 1 atom stereocenters. The fraction of sp³-hybridized carbons (Fsp3) is 0.174. The van der Waals surface area contributed by atoms with Gasteiger partial charge in [0.1, 0.15) is 0 Å². The molecule has 1 aliphatic heterocycles. The molecule has 1 aliphatic rings. The molecule has 2 aromatic carbocycles. The Morgan fingerprint density at radius 1 is 1.03 bits per heavy atom. The number of hydrogen-bond acceptors (Lipinski definition) is 7. The third-order valence-electron chi connectivity index (χ3n) is 4.96. The van der Waals surface area contributed by atoms with Crippen LogP contribution in [-0.4, -0.2) is 15.2 Å². The first-order valence-electron chi connectivity index (χ1n) is 9.67. The van der Waals surface area contributed by atoms with E-state index in [1.165, 1.54) is 16.7 Å². The van der Waals surface area contributed by atoms with Crippen LogP contribution in [0.1, 0.15) is 27.8 Å². The molecule has 1 N–H and O–H groups in total. The molecule has 0 saturated carbocycles. The second-order valence-corrected chi connectivity index (χ2v) is 9.07. The lowest BCUT2D eigenvalue weighted by Gasteiger charge is -2.18. The minimum Gasteiger partial charge on any atom is -0.447 e. The molecule has 0 radical (unpaired) electrons. The highest BCUT2D eigenvalue weighted by Gasteiger charge is 2.27. The SMILES string of the molecule is Cc1ccc(CSc2nnc3c(n2)OC(c2sccc2C)Nc2ccccc2-3)cc1. The minimum atomic E-state index is -0.320. The van der Waals surface area contributed by atoms with E-state index in [1.807, 2.05) is 24.3 Å². The van der Waals surface area contributed by atoms with Crippen LogP contribution in [0.15, 0.2) is 65.1 Å². The number of aromatic nitrogens is 3. The van der Waals surface area contributed by atoms with Gasteiger partial charge in [-0.1, -0.05) is 59.8 Å². The number of anilines is 1. The quantitative estimate of drug-likeness (QED) is 0.398. The Bertz CT molecular complexity index is 1190. The number of hydrogen-bond donors (Lipinski definition) is 1. The van der Waals surface area contributed by atoms with Crippen LogP contribution in [0.25, 0.3) is 11.3 Å². The largest absolute Gasteiger partial charge is 0.447 e. The molecular formula is C23H20N4OS2. The van der Waals surface area contributed by atoms with Gasteiger partial charge in [-0.25, -0.2) is 0 Å². The molecule has 30 heavy (non-hydrogen) atoms. The summed E-state index contributed by atoms with van der Waals surface area (Å²) in [6, 6.07) is 18.6. The number of benzene rings is 2. The molecule has 0 aliphatic carbocycles.